The third-order valence-electron chi connectivity index (χ3n) is 1.97. The molecule has 17 heavy (non-hydrogen) atoms. The molecule has 0 saturated heterocycles. The lowest BCUT2D eigenvalue weighted by atomic mass is 10.0. The van der Waals surface area contributed by atoms with Crippen molar-refractivity contribution in [1.29, 1.82) is 0 Å². The van der Waals surface area contributed by atoms with Gasteiger partial charge < -0.3 is 5.11 Å². The molecule has 0 saturated carbocycles. The Balaban J connectivity index is 3.54. The van der Waals surface area contributed by atoms with Gasteiger partial charge in [-0.1, -0.05) is 11.6 Å². The summed E-state index contributed by atoms with van der Waals surface area (Å²) in [5, 5.41) is 8.11. The first-order valence-electron chi connectivity index (χ1n) is 4.15. The largest absolute Gasteiger partial charge is 0.417 e. The molecule has 0 unspecified atom stereocenters. The molecule has 0 aliphatic heterocycles. The van der Waals surface area contributed by atoms with E-state index in [1.54, 1.807) is 0 Å². The van der Waals surface area contributed by atoms with Crippen molar-refractivity contribution < 1.29 is 31.4 Å². The van der Waals surface area contributed by atoms with Gasteiger partial charge in [0.25, 0.3) is 0 Å². The summed E-state index contributed by atoms with van der Waals surface area (Å²) in [6.07, 6.45) is -10.3. The minimum atomic E-state index is -5.17. The van der Waals surface area contributed by atoms with Crippen LogP contribution in [0.5, 0.6) is 0 Å². The second-order valence-electron chi connectivity index (χ2n) is 3.14. The average Bonchev–Trinajstić information content (AvgIpc) is 2.14. The SMILES string of the molecule is OCc1cc(C(F)(F)F)c(C(F)(F)F)cc1Cl. The van der Waals surface area contributed by atoms with E-state index in [4.69, 9.17) is 16.7 Å². The Morgan fingerprint density at radius 1 is 0.941 bits per heavy atom. The zero-order chi connectivity index (χ0) is 13.4. The second kappa shape index (κ2) is 4.38. The fraction of sp³-hybridized carbons (Fsp3) is 0.333. The lowest BCUT2D eigenvalue weighted by Crippen LogP contribution is -2.17. The van der Waals surface area contributed by atoms with Crippen LogP contribution in [0.25, 0.3) is 0 Å². The molecule has 0 atom stereocenters. The van der Waals surface area contributed by atoms with E-state index in [2.05, 4.69) is 0 Å². The van der Waals surface area contributed by atoms with Gasteiger partial charge in [0.05, 0.1) is 17.7 Å². The van der Waals surface area contributed by atoms with Crippen LogP contribution in [-0.4, -0.2) is 5.11 Å². The first-order valence-corrected chi connectivity index (χ1v) is 4.53. The summed E-state index contributed by atoms with van der Waals surface area (Å²) in [5.74, 6) is 0. The van der Waals surface area contributed by atoms with Crippen molar-refractivity contribution in [2.75, 3.05) is 0 Å². The molecule has 0 aromatic heterocycles. The zero-order valence-electron chi connectivity index (χ0n) is 7.95. The number of halogens is 7. The van der Waals surface area contributed by atoms with E-state index < -0.39 is 40.7 Å². The molecule has 0 spiro atoms. The molecule has 0 bridgehead atoms. The monoisotopic (exact) mass is 278 g/mol. The van der Waals surface area contributed by atoms with E-state index in [9.17, 15) is 26.3 Å². The first kappa shape index (κ1) is 14.1. The standard InChI is InChI=1S/C9H5ClF6O/c10-7-2-6(9(14,15)16)5(8(11,12)13)1-4(7)3-17/h1-2,17H,3H2. The Hall–Kier alpha value is -0.950. The topological polar surface area (TPSA) is 20.2 Å². The first-order chi connectivity index (χ1) is 7.57. The number of benzene rings is 1. The van der Waals surface area contributed by atoms with Crippen LogP contribution in [0.4, 0.5) is 26.3 Å². The molecule has 0 aliphatic carbocycles. The normalized spacial score (nSPS) is 12.9. The Kier molecular flexibility index (Phi) is 3.63. The van der Waals surface area contributed by atoms with Crippen molar-refractivity contribution in [1.82, 2.24) is 0 Å². The molecule has 1 aromatic carbocycles. The number of hydrogen-bond acceptors (Lipinski definition) is 1. The minimum Gasteiger partial charge on any atom is -0.392 e. The highest BCUT2D eigenvalue weighted by molar-refractivity contribution is 6.31. The molecule has 0 fully saturated rings. The van der Waals surface area contributed by atoms with Crippen LogP contribution in [0, 0.1) is 0 Å². The highest BCUT2D eigenvalue weighted by Crippen LogP contribution is 2.42. The Labute approximate surface area is 96.6 Å². The van der Waals surface area contributed by atoms with Crippen molar-refractivity contribution in [3.63, 3.8) is 0 Å². The number of hydrogen-bond donors (Lipinski definition) is 1. The van der Waals surface area contributed by atoms with Gasteiger partial charge in [-0.15, -0.1) is 0 Å². The molecular weight excluding hydrogens is 274 g/mol. The van der Waals surface area contributed by atoms with Gasteiger partial charge in [-0.05, 0) is 17.7 Å². The van der Waals surface area contributed by atoms with Gasteiger partial charge in [-0.25, -0.2) is 0 Å². The van der Waals surface area contributed by atoms with E-state index in [0.29, 0.717) is 0 Å². The Morgan fingerprint density at radius 3 is 1.71 bits per heavy atom. The lowest BCUT2D eigenvalue weighted by Gasteiger charge is -2.17. The van der Waals surface area contributed by atoms with Crippen LogP contribution in [0.2, 0.25) is 5.02 Å². The van der Waals surface area contributed by atoms with Gasteiger partial charge in [-0.3, -0.25) is 0 Å². The van der Waals surface area contributed by atoms with Gasteiger partial charge in [0.1, 0.15) is 0 Å². The van der Waals surface area contributed by atoms with Crippen LogP contribution >= 0.6 is 11.6 Å². The predicted molar refractivity (Wildman–Crippen MR) is 47.4 cm³/mol. The smallest absolute Gasteiger partial charge is 0.392 e. The summed E-state index contributed by atoms with van der Waals surface area (Å²) >= 11 is 5.33. The lowest BCUT2D eigenvalue weighted by molar-refractivity contribution is -0.162. The molecule has 1 rings (SSSR count). The molecule has 8 heteroatoms. The zero-order valence-corrected chi connectivity index (χ0v) is 8.71. The average molecular weight is 279 g/mol. The molecule has 96 valence electrons. The van der Waals surface area contributed by atoms with Crippen LogP contribution < -0.4 is 0 Å². The van der Waals surface area contributed by atoms with E-state index in [-0.39, 0.29) is 12.1 Å². The van der Waals surface area contributed by atoms with Crippen LogP contribution in [0.3, 0.4) is 0 Å². The summed E-state index contributed by atoms with van der Waals surface area (Å²) in [4.78, 5) is 0. The van der Waals surface area contributed by atoms with Gasteiger partial charge in [0.15, 0.2) is 0 Å². The van der Waals surface area contributed by atoms with Crippen molar-refractivity contribution in [2.45, 2.75) is 19.0 Å². The highest BCUT2D eigenvalue weighted by Gasteiger charge is 2.43. The third-order valence-corrected chi connectivity index (χ3v) is 2.32. The molecule has 0 amide bonds. The molecule has 0 aliphatic rings. The molecule has 1 nitrogen and oxygen atoms in total. The maximum absolute atomic E-state index is 12.4. The van der Waals surface area contributed by atoms with Crippen molar-refractivity contribution in [2.24, 2.45) is 0 Å². The van der Waals surface area contributed by atoms with Gasteiger partial charge in [0.2, 0.25) is 0 Å². The third kappa shape index (κ3) is 3.04. The quantitative estimate of drug-likeness (QED) is 0.773. The predicted octanol–water partition coefficient (Wildman–Crippen LogP) is 3.87. The maximum Gasteiger partial charge on any atom is 0.417 e. The fourth-order valence-corrected chi connectivity index (χ4v) is 1.43. The van der Waals surface area contributed by atoms with Gasteiger partial charge >= 0.3 is 12.4 Å². The molecular formula is C9H5ClF6O. The summed E-state index contributed by atoms with van der Waals surface area (Å²) in [6.45, 7) is -0.875. The molecule has 0 radical (unpaired) electrons. The van der Waals surface area contributed by atoms with E-state index in [0.717, 1.165) is 0 Å². The van der Waals surface area contributed by atoms with Crippen LogP contribution in [0.15, 0.2) is 12.1 Å². The van der Waals surface area contributed by atoms with Crippen molar-refractivity contribution >= 4 is 11.6 Å². The summed E-state index contributed by atoms with van der Waals surface area (Å²) in [7, 11) is 0. The van der Waals surface area contributed by atoms with Crippen LogP contribution in [-0.2, 0) is 19.0 Å². The van der Waals surface area contributed by atoms with Gasteiger partial charge in [-0.2, -0.15) is 26.3 Å². The number of aliphatic hydroxyl groups excluding tert-OH is 1. The van der Waals surface area contributed by atoms with Crippen LogP contribution in [0.1, 0.15) is 16.7 Å². The van der Waals surface area contributed by atoms with E-state index in [1.165, 1.54) is 0 Å². The molecule has 1 N–H and O–H groups in total. The maximum atomic E-state index is 12.4. The Morgan fingerprint density at radius 2 is 1.35 bits per heavy atom. The molecule has 0 heterocycles. The van der Waals surface area contributed by atoms with E-state index >= 15 is 0 Å². The van der Waals surface area contributed by atoms with Crippen molar-refractivity contribution in [3.05, 3.63) is 33.8 Å². The summed E-state index contributed by atoms with van der Waals surface area (Å²) in [6, 6.07) is 0.362. The minimum absolute atomic E-state index is 0.163. The summed E-state index contributed by atoms with van der Waals surface area (Å²) in [5.41, 5.74) is -4.14. The fourth-order valence-electron chi connectivity index (χ4n) is 1.21. The number of alkyl halides is 6. The molecule has 1 aromatic rings. The Bertz CT molecular complexity index is 423. The second-order valence-corrected chi connectivity index (χ2v) is 3.55. The number of rotatable bonds is 1. The van der Waals surface area contributed by atoms with E-state index in [1.807, 2.05) is 0 Å². The van der Waals surface area contributed by atoms with Gasteiger partial charge in [0, 0.05) is 5.02 Å². The van der Waals surface area contributed by atoms with Crippen molar-refractivity contribution in [3.8, 4) is 0 Å². The highest BCUT2D eigenvalue weighted by atomic mass is 35.5. The summed E-state index contributed by atoms with van der Waals surface area (Å²) < 4.78 is 74.3. The number of aliphatic hydroxyl groups is 1.